The van der Waals surface area contributed by atoms with Crippen molar-refractivity contribution < 1.29 is 4.74 Å². The first-order chi connectivity index (χ1) is 9.56. The Morgan fingerprint density at radius 3 is 2.35 bits per heavy atom. The van der Waals surface area contributed by atoms with Gasteiger partial charge in [0.2, 0.25) is 0 Å². The molecule has 0 amide bonds. The molecule has 0 aliphatic carbocycles. The van der Waals surface area contributed by atoms with Gasteiger partial charge in [-0.15, -0.1) is 0 Å². The van der Waals surface area contributed by atoms with E-state index in [2.05, 4.69) is 36.0 Å². The molecular formula is C17H22N2O. The summed E-state index contributed by atoms with van der Waals surface area (Å²) >= 11 is 0. The molecule has 0 spiro atoms. The monoisotopic (exact) mass is 270 g/mol. The van der Waals surface area contributed by atoms with Crippen LogP contribution >= 0.6 is 0 Å². The SMILES string of the molecule is CN(C)Cc1ccccc1Oc1cccc(N(C)C)c1. The van der Waals surface area contributed by atoms with Crippen LogP contribution < -0.4 is 9.64 Å². The second-order valence-electron chi connectivity index (χ2n) is 5.34. The van der Waals surface area contributed by atoms with E-state index in [1.54, 1.807) is 0 Å². The van der Waals surface area contributed by atoms with Gasteiger partial charge in [0, 0.05) is 38.0 Å². The molecule has 0 radical (unpaired) electrons. The fraction of sp³-hybridized carbons (Fsp3) is 0.294. The normalized spacial score (nSPS) is 10.7. The first kappa shape index (κ1) is 14.4. The lowest BCUT2D eigenvalue weighted by Crippen LogP contribution is -2.11. The van der Waals surface area contributed by atoms with Crippen LogP contribution in [0.5, 0.6) is 11.5 Å². The van der Waals surface area contributed by atoms with Crippen molar-refractivity contribution >= 4 is 5.69 Å². The first-order valence-corrected chi connectivity index (χ1v) is 6.74. The highest BCUT2D eigenvalue weighted by Gasteiger charge is 2.06. The van der Waals surface area contributed by atoms with Crippen LogP contribution in [0.15, 0.2) is 48.5 Å². The standard InChI is InChI=1S/C17H22N2O/c1-18(2)13-14-8-5-6-11-17(14)20-16-10-7-9-15(12-16)19(3)4/h5-12H,13H2,1-4H3. The topological polar surface area (TPSA) is 15.7 Å². The van der Waals surface area contributed by atoms with Gasteiger partial charge < -0.3 is 14.5 Å². The van der Waals surface area contributed by atoms with E-state index in [1.807, 2.05) is 50.5 Å². The van der Waals surface area contributed by atoms with Crippen molar-refractivity contribution in [3.63, 3.8) is 0 Å². The van der Waals surface area contributed by atoms with Crippen LogP contribution in [0.25, 0.3) is 0 Å². The second-order valence-corrected chi connectivity index (χ2v) is 5.34. The third kappa shape index (κ3) is 3.75. The molecule has 0 fully saturated rings. The van der Waals surface area contributed by atoms with Crippen molar-refractivity contribution in [2.75, 3.05) is 33.1 Å². The number of para-hydroxylation sites is 1. The van der Waals surface area contributed by atoms with Gasteiger partial charge in [-0.05, 0) is 32.3 Å². The number of benzene rings is 2. The highest BCUT2D eigenvalue weighted by Crippen LogP contribution is 2.28. The molecule has 2 aromatic carbocycles. The smallest absolute Gasteiger partial charge is 0.131 e. The summed E-state index contributed by atoms with van der Waals surface area (Å²) in [5, 5.41) is 0. The van der Waals surface area contributed by atoms with E-state index in [0.717, 1.165) is 23.7 Å². The van der Waals surface area contributed by atoms with E-state index in [9.17, 15) is 0 Å². The zero-order valence-electron chi connectivity index (χ0n) is 12.6. The molecule has 0 bridgehead atoms. The van der Waals surface area contributed by atoms with Gasteiger partial charge in [-0.2, -0.15) is 0 Å². The van der Waals surface area contributed by atoms with Crippen LogP contribution in [0.3, 0.4) is 0 Å². The Morgan fingerprint density at radius 2 is 1.65 bits per heavy atom. The lowest BCUT2D eigenvalue weighted by atomic mass is 10.2. The Kier molecular flexibility index (Phi) is 4.64. The zero-order chi connectivity index (χ0) is 14.5. The fourth-order valence-electron chi connectivity index (χ4n) is 2.03. The molecule has 0 aliphatic heterocycles. The summed E-state index contributed by atoms with van der Waals surface area (Å²) in [5.41, 5.74) is 2.32. The first-order valence-electron chi connectivity index (χ1n) is 6.74. The van der Waals surface area contributed by atoms with E-state index < -0.39 is 0 Å². The molecule has 0 saturated carbocycles. The largest absolute Gasteiger partial charge is 0.457 e. The highest BCUT2D eigenvalue weighted by atomic mass is 16.5. The van der Waals surface area contributed by atoms with Gasteiger partial charge in [0.15, 0.2) is 0 Å². The fourth-order valence-corrected chi connectivity index (χ4v) is 2.03. The number of anilines is 1. The number of rotatable bonds is 5. The van der Waals surface area contributed by atoms with E-state index in [0.29, 0.717) is 0 Å². The van der Waals surface area contributed by atoms with Gasteiger partial charge >= 0.3 is 0 Å². The molecule has 0 unspecified atom stereocenters. The van der Waals surface area contributed by atoms with E-state index >= 15 is 0 Å². The summed E-state index contributed by atoms with van der Waals surface area (Å²) < 4.78 is 6.05. The average Bonchev–Trinajstić information content (AvgIpc) is 2.41. The molecule has 2 rings (SSSR count). The third-order valence-electron chi connectivity index (χ3n) is 3.02. The van der Waals surface area contributed by atoms with Gasteiger partial charge in [-0.25, -0.2) is 0 Å². The summed E-state index contributed by atoms with van der Waals surface area (Å²) in [5.74, 6) is 1.78. The zero-order valence-corrected chi connectivity index (χ0v) is 12.6. The maximum absolute atomic E-state index is 6.05. The molecule has 0 aliphatic rings. The summed E-state index contributed by atoms with van der Waals surface area (Å²) in [6.45, 7) is 0.865. The van der Waals surface area contributed by atoms with Crippen molar-refractivity contribution in [1.29, 1.82) is 0 Å². The number of nitrogens with zero attached hydrogens (tertiary/aromatic N) is 2. The maximum Gasteiger partial charge on any atom is 0.131 e. The molecule has 0 atom stereocenters. The van der Waals surface area contributed by atoms with Crippen LogP contribution in [-0.4, -0.2) is 33.1 Å². The molecular weight excluding hydrogens is 248 g/mol. The van der Waals surface area contributed by atoms with Crippen molar-refractivity contribution in [3.8, 4) is 11.5 Å². The molecule has 3 heteroatoms. The Labute approximate surface area is 121 Å². The molecule has 0 aromatic heterocycles. The van der Waals surface area contributed by atoms with E-state index in [1.165, 1.54) is 5.56 Å². The van der Waals surface area contributed by atoms with Crippen molar-refractivity contribution in [2.45, 2.75) is 6.54 Å². The van der Waals surface area contributed by atoms with Crippen LogP contribution in [0.1, 0.15) is 5.56 Å². The molecule has 0 saturated heterocycles. The van der Waals surface area contributed by atoms with Crippen LogP contribution in [0.4, 0.5) is 5.69 Å². The minimum Gasteiger partial charge on any atom is -0.457 e. The van der Waals surface area contributed by atoms with Crippen molar-refractivity contribution in [2.24, 2.45) is 0 Å². The Balaban J connectivity index is 2.23. The molecule has 106 valence electrons. The van der Waals surface area contributed by atoms with Crippen LogP contribution in [0, 0.1) is 0 Å². The minimum atomic E-state index is 0.863. The lowest BCUT2D eigenvalue weighted by molar-refractivity contribution is 0.388. The summed E-state index contributed by atoms with van der Waals surface area (Å²) in [7, 11) is 8.17. The summed E-state index contributed by atoms with van der Waals surface area (Å²) in [4.78, 5) is 4.21. The third-order valence-corrected chi connectivity index (χ3v) is 3.02. The van der Waals surface area contributed by atoms with Gasteiger partial charge in [-0.3, -0.25) is 0 Å². The predicted molar refractivity (Wildman–Crippen MR) is 84.7 cm³/mol. The Bertz CT molecular complexity index is 564. The number of hydrogen-bond acceptors (Lipinski definition) is 3. The summed E-state index contributed by atoms with van der Waals surface area (Å²) in [6.07, 6.45) is 0. The van der Waals surface area contributed by atoms with Gasteiger partial charge in [0.25, 0.3) is 0 Å². The average molecular weight is 270 g/mol. The van der Waals surface area contributed by atoms with Crippen LogP contribution in [-0.2, 0) is 6.54 Å². The van der Waals surface area contributed by atoms with Crippen LogP contribution in [0.2, 0.25) is 0 Å². The Hall–Kier alpha value is -2.00. The van der Waals surface area contributed by atoms with Gasteiger partial charge in [-0.1, -0.05) is 24.3 Å². The molecule has 0 heterocycles. The predicted octanol–water partition coefficient (Wildman–Crippen LogP) is 3.61. The molecule has 0 N–H and O–H groups in total. The number of hydrogen-bond donors (Lipinski definition) is 0. The highest BCUT2D eigenvalue weighted by molar-refractivity contribution is 5.50. The molecule has 2 aromatic rings. The lowest BCUT2D eigenvalue weighted by Gasteiger charge is -2.16. The summed E-state index contributed by atoms with van der Waals surface area (Å²) in [6, 6.07) is 16.3. The minimum absolute atomic E-state index is 0.863. The second kappa shape index (κ2) is 6.44. The quantitative estimate of drug-likeness (QED) is 0.825. The number of ether oxygens (including phenoxy) is 1. The van der Waals surface area contributed by atoms with Crippen molar-refractivity contribution in [1.82, 2.24) is 4.90 Å². The van der Waals surface area contributed by atoms with E-state index in [4.69, 9.17) is 4.74 Å². The Morgan fingerprint density at radius 1 is 0.900 bits per heavy atom. The van der Waals surface area contributed by atoms with Gasteiger partial charge in [0.1, 0.15) is 11.5 Å². The maximum atomic E-state index is 6.05. The van der Waals surface area contributed by atoms with E-state index in [-0.39, 0.29) is 0 Å². The molecule has 3 nitrogen and oxygen atoms in total. The molecule has 20 heavy (non-hydrogen) atoms. The van der Waals surface area contributed by atoms with Crippen molar-refractivity contribution in [3.05, 3.63) is 54.1 Å². The van der Waals surface area contributed by atoms with Gasteiger partial charge in [0.05, 0.1) is 0 Å².